The van der Waals surface area contributed by atoms with Crippen molar-refractivity contribution in [1.82, 2.24) is 10.3 Å². The molecule has 6 heteroatoms. The minimum absolute atomic E-state index is 0.0987. The number of hydrogen-bond acceptors (Lipinski definition) is 4. The first kappa shape index (κ1) is 13.5. The molecule has 1 aromatic rings. The third-order valence-electron chi connectivity index (χ3n) is 3.24. The van der Waals surface area contributed by atoms with E-state index in [0.29, 0.717) is 18.5 Å². The van der Waals surface area contributed by atoms with Crippen LogP contribution in [-0.4, -0.2) is 36.7 Å². The second kappa shape index (κ2) is 5.77. The molecule has 2 N–H and O–H groups in total. The highest BCUT2D eigenvalue weighted by molar-refractivity contribution is 9.10. The zero-order valence-corrected chi connectivity index (χ0v) is 11.8. The average molecular weight is 314 g/mol. The van der Waals surface area contributed by atoms with E-state index in [-0.39, 0.29) is 5.91 Å². The maximum Gasteiger partial charge on any atom is 0.256 e. The summed E-state index contributed by atoms with van der Waals surface area (Å²) in [7, 11) is 1.59. The Hall–Kier alpha value is -0.980. The van der Waals surface area contributed by atoms with Gasteiger partial charge in [-0.3, -0.25) is 9.78 Å². The van der Waals surface area contributed by atoms with E-state index in [1.54, 1.807) is 25.6 Å². The molecule has 0 spiro atoms. The number of hydrogen-bond donors (Lipinski definition) is 2. The van der Waals surface area contributed by atoms with E-state index >= 15 is 0 Å². The van der Waals surface area contributed by atoms with E-state index in [0.717, 1.165) is 17.6 Å². The highest BCUT2D eigenvalue weighted by Gasteiger charge is 2.39. The Labute approximate surface area is 114 Å². The Kier molecular flexibility index (Phi) is 4.31. The standard InChI is InChI=1S/C12H16BrN3O2/c1-18-12(3-6-14-7-4-12)11(17)16-10-2-5-15-8-9(10)13/h2,5,8,14H,3-4,6-7H2,1H3,(H,15,16,17). The fourth-order valence-electron chi connectivity index (χ4n) is 2.07. The Bertz CT molecular complexity index is 433. The van der Waals surface area contributed by atoms with Crippen molar-refractivity contribution >= 4 is 27.5 Å². The van der Waals surface area contributed by atoms with Gasteiger partial charge in [0, 0.05) is 19.5 Å². The Balaban J connectivity index is 2.13. The molecule has 0 aromatic carbocycles. The normalized spacial score (nSPS) is 18.3. The second-order valence-corrected chi connectivity index (χ2v) is 5.11. The largest absolute Gasteiger partial charge is 0.368 e. The van der Waals surface area contributed by atoms with Crippen LogP contribution in [0, 0.1) is 0 Å². The molecule has 1 aliphatic heterocycles. The van der Waals surface area contributed by atoms with E-state index in [4.69, 9.17) is 4.74 Å². The zero-order chi connectivity index (χ0) is 13.0. The number of rotatable bonds is 3. The van der Waals surface area contributed by atoms with Crippen LogP contribution in [0.5, 0.6) is 0 Å². The average Bonchev–Trinajstić information content (AvgIpc) is 2.42. The van der Waals surface area contributed by atoms with Crippen molar-refractivity contribution in [2.45, 2.75) is 18.4 Å². The third kappa shape index (κ3) is 2.71. The van der Waals surface area contributed by atoms with Crippen molar-refractivity contribution < 1.29 is 9.53 Å². The maximum absolute atomic E-state index is 12.4. The summed E-state index contributed by atoms with van der Waals surface area (Å²) in [5, 5.41) is 6.12. The number of amides is 1. The number of anilines is 1. The lowest BCUT2D eigenvalue weighted by molar-refractivity contribution is -0.140. The number of aromatic nitrogens is 1. The molecule has 98 valence electrons. The van der Waals surface area contributed by atoms with Crippen LogP contribution in [0.4, 0.5) is 5.69 Å². The van der Waals surface area contributed by atoms with Gasteiger partial charge in [0.15, 0.2) is 0 Å². The van der Waals surface area contributed by atoms with Gasteiger partial charge in [-0.15, -0.1) is 0 Å². The van der Waals surface area contributed by atoms with E-state index in [2.05, 4.69) is 31.5 Å². The molecule has 0 bridgehead atoms. The monoisotopic (exact) mass is 313 g/mol. The van der Waals surface area contributed by atoms with Crippen LogP contribution < -0.4 is 10.6 Å². The van der Waals surface area contributed by atoms with Gasteiger partial charge in [0.05, 0.1) is 10.2 Å². The van der Waals surface area contributed by atoms with Gasteiger partial charge in [0.25, 0.3) is 5.91 Å². The van der Waals surface area contributed by atoms with Gasteiger partial charge in [0.1, 0.15) is 5.60 Å². The summed E-state index contributed by atoms with van der Waals surface area (Å²) < 4.78 is 6.23. The molecule has 0 atom stereocenters. The summed E-state index contributed by atoms with van der Waals surface area (Å²) in [6, 6.07) is 1.76. The molecule has 2 rings (SSSR count). The number of carbonyl (C=O) groups is 1. The van der Waals surface area contributed by atoms with Crippen LogP contribution in [0.15, 0.2) is 22.9 Å². The van der Waals surface area contributed by atoms with Crippen LogP contribution in [0.3, 0.4) is 0 Å². The fourth-order valence-corrected chi connectivity index (χ4v) is 2.42. The number of nitrogens with zero attached hydrogens (tertiary/aromatic N) is 1. The summed E-state index contributed by atoms with van der Waals surface area (Å²) in [6.45, 7) is 1.58. The Morgan fingerprint density at radius 3 is 2.89 bits per heavy atom. The van der Waals surface area contributed by atoms with Crippen molar-refractivity contribution in [2.75, 3.05) is 25.5 Å². The first-order valence-corrected chi connectivity index (χ1v) is 6.64. The zero-order valence-electron chi connectivity index (χ0n) is 10.2. The van der Waals surface area contributed by atoms with Gasteiger partial charge in [0.2, 0.25) is 0 Å². The molecular formula is C12H16BrN3O2. The number of carbonyl (C=O) groups excluding carboxylic acids is 1. The van der Waals surface area contributed by atoms with Crippen LogP contribution in [-0.2, 0) is 9.53 Å². The topological polar surface area (TPSA) is 63.2 Å². The highest BCUT2D eigenvalue weighted by atomic mass is 79.9. The quantitative estimate of drug-likeness (QED) is 0.888. The smallest absolute Gasteiger partial charge is 0.256 e. The summed E-state index contributed by atoms with van der Waals surface area (Å²) in [5.74, 6) is -0.0987. The minimum atomic E-state index is -0.728. The predicted molar refractivity (Wildman–Crippen MR) is 72.4 cm³/mol. The second-order valence-electron chi connectivity index (χ2n) is 4.26. The van der Waals surface area contributed by atoms with Gasteiger partial charge < -0.3 is 15.4 Å². The van der Waals surface area contributed by atoms with Crippen molar-refractivity contribution in [1.29, 1.82) is 0 Å². The lowest BCUT2D eigenvalue weighted by Crippen LogP contribution is -2.51. The minimum Gasteiger partial charge on any atom is -0.368 e. The Morgan fingerprint density at radius 1 is 1.56 bits per heavy atom. The van der Waals surface area contributed by atoms with E-state index in [1.807, 2.05) is 0 Å². The van der Waals surface area contributed by atoms with E-state index < -0.39 is 5.60 Å². The molecule has 0 aliphatic carbocycles. The molecule has 0 radical (unpaired) electrons. The lowest BCUT2D eigenvalue weighted by atomic mass is 9.91. The van der Waals surface area contributed by atoms with Crippen molar-refractivity contribution in [2.24, 2.45) is 0 Å². The van der Waals surface area contributed by atoms with Crippen LogP contribution >= 0.6 is 15.9 Å². The molecule has 5 nitrogen and oxygen atoms in total. The van der Waals surface area contributed by atoms with Gasteiger partial charge in [-0.25, -0.2) is 0 Å². The molecule has 1 fully saturated rings. The van der Waals surface area contributed by atoms with Gasteiger partial charge in [-0.05, 0) is 47.9 Å². The molecule has 0 unspecified atom stereocenters. The SMILES string of the molecule is COC1(C(=O)Nc2ccncc2Br)CCNCC1. The van der Waals surface area contributed by atoms with Gasteiger partial charge >= 0.3 is 0 Å². The van der Waals surface area contributed by atoms with Crippen LogP contribution in [0.1, 0.15) is 12.8 Å². The molecule has 1 aromatic heterocycles. The number of ether oxygens (including phenoxy) is 1. The lowest BCUT2D eigenvalue weighted by Gasteiger charge is -2.34. The number of halogens is 1. The van der Waals surface area contributed by atoms with Crippen LogP contribution in [0.25, 0.3) is 0 Å². The van der Waals surface area contributed by atoms with E-state index in [1.165, 1.54) is 0 Å². The van der Waals surface area contributed by atoms with E-state index in [9.17, 15) is 4.79 Å². The highest BCUT2D eigenvalue weighted by Crippen LogP contribution is 2.26. The number of nitrogens with one attached hydrogen (secondary N) is 2. The molecule has 18 heavy (non-hydrogen) atoms. The maximum atomic E-state index is 12.4. The molecule has 1 saturated heterocycles. The first-order valence-electron chi connectivity index (χ1n) is 5.85. The van der Waals surface area contributed by atoms with Crippen molar-refractivity contribution in [3.8, 4) is 0 Å². The number of piperidine rings is 1. The molecular weight excluding hydrogens is 298 g/mol. The summed E-state index contributed by atoms with van der Waals surface area (Å²) in [4.78, 5) is 16.3. The molecule has 2 heterocycles. The first-order chi connectivity index (χ1) is 8.68. The van der Waals surface area contributed by atoms with Gasteiger partial charge in [-0.1, -0.05) is 0 Å². The molecule has 1 aliphatic rings. The molecule has 1 amide bonds. The number of pyridine rings is 1. The Morgan fingerprint density at radius 2 is 2.28 bits per heavy atom. The van der Waals surface area contributed by atoms with Crippen molar-refractivity contribution in [3.05, 3.63) is 22.9 Å². The predicted octanol–water partition coefficient (Wildman–Crippen LogP) is 1.55. The van der Waals surface area contributed by atoms with Gasteiger partial charge in [-0.2, -0.15) is 0 Å². The van der Waals surface area contributed by atoms with Crippen molar-refractivity contribution in [3.63, 3.8) is 0 Å². The summed E-state index contributed by atoms with van der Waals surface area (Å²) in [5.41, 5.74) is -0.0153. The fraction of sp³-hybridized carbons (Fsp3) is 0.500. The summed E-state index contributed by atoms with van der Waals surface area (Å²) in [6.07, 6.45) is 4.65. The van der Waals surface area contributed by atoms with Crippen LogP contribution in [0.2, 0.25) is 0 Å². The number of methoxy groups -OCH3 is 1. The molecule has 0 saturated carbocycles. The summed E-state index contributed by atoms with van der Waals surface area (Å²) >= 11 is 3.36. The third-order valence-corrected chi connectivity index (χ3v) is 3.87.